The van der Waals surface area contributed by atoms with Crippen LogP contribution in [0.1, 0.15) is 37.7 Å². The lowest BCUT2D eigenvalue weighted by Crippen LogP contribution is -2.19. The van der Waals surface area contributed by atoms with Crippen molar-refractivity contribution >= 4 is 8.80 Å². The molecule has 0 N–H and O–H groups in total. The van der Waals surface area contributed by atoms with E-state index in [2.05, 4.69) is 23.8 Å². The van der Waals surface area contributed by atoms with Gasteiger partial charge >= 0.3 is 6.61 Å². The van der Waals surface area contributed by atoms with Crippen LogP contribution in [-0.2, 0) is 0 Å². The Kier molecular flexibility index (Phi) is 6.41. The molecule has 1 heterocycles. The molecular weight excluding hydrogens is 353 g/mol. The Morgan fingerprint density at radius 3 is 2.27 bits per heavy atom. The average Bonchev–Trinajstić information content (AvgIpc) is 2.64. The summed E-state index contributed by atoms with van der Waals surface area (Å²) in [6.07, 6.45) is 3.92. The second-order valence-corrected chi connectivity index (χ2v) is 10.6. The lowest BCUT2D eigenvalue weighted by Gasteiger charge is -2.27. The van der Waals surface area contributed by atoms with Crippen LogP contribution in [-0.4, -0.2) is 15.4 Å². The van der Waals surface area contributed by atoms with Crippen molar-refractivity contribution in [2.24, 2.45) is 0 Å². The van der Waals surface area contributed by atoms with Crippen LogP contribution in [0.5, 0.6) is 5.75 Å². The quantitative estimate of drug-likeness (QED) is 0.514. The zero-order valence-corrected chi connectivity index (χ0v) is 16.2. The van der Waals surface area contributed by atoms with Gasteiger partial charge in [-0.2, -0.15) is 8.78 Å². The molecule has 1 aliphatic rings. The van der Waals surface area contributed by atoms with E-state index in [1.54, 1.807) is 6.07 Å². The fraction of sp³-hybridized carbons (Fsp3) is 0.429. The molecule has 2 aromatic rings. The molecule has 1 aliphatic heterocycles. The minimum absolute atomic E-state index is 0.423. The highest BCUT2D eigenvalue weighted by molar-refractivity contribution is 6.59. The number of rotatable bonds is 6. The standard InChI is InChI=1S/C21H25F3OSi/c1-2-11-26-12-9-17(10-13-26)15-3-5-16(6-4-15)18-7-8-20(19(22)14-18)25-21(23)24/h3-8,14,17,21,26H,2,9-13H2,1H3/t17-,26-. The zero-order valence-electron chi connectivity index (χ0n) is 15.1. The molecular formula is C21H25F3OSi. The first-order chi connectivity index (χ1) is 12.6. The van der Waals surface area contributed by atoms with E-state index in [0.717, 1.165) is 5.56 Å². The van der Waals surface area contributed by atoms with Crippen LogP contribution in [0.25, 0.3) is 11.1 Å². The van der Waals surface area contributed by atoms with Gasteiger partial charge in [-0.25, -0.2) is 4.39 Å². The van der Waals surface area contributed by atoms with Crippen LogP contribution >= 0.6 is 0 Å². The van der Waals surface area contributed by atoms with E-state index < -0.39 is 27.0 Å². The Bertz CT molecular complexity index is 710. The maximum Gasteiger partial charge on any atom is 0.387 e. The molecule has 140 valence electrons. The molecule has 1 saturated heterocycles. The van der Waals surface area contributed by atoms with Crippen molar-refractivity contribution < 1.29 is 17.9 Å². The highest BCUT2D eigenvalue weighted by atomic mass is 28.3. The van der Waals surface area contributed by atoms with Crippen molar-refractivity contribution in [1.29, 1.82) is 0 Å². The minimum atomic E-state index is -3.02. The molecule has 0 aliphatic carbocycles. The van der Waals surface area contributed by atoms with E-state index in [-0.39, 0.29) is 0 Å². The van der Waals surface area contributed by atoms with Gasteiger partial charge in [-0.1, -0.05) is 61.8 Å². The third-order valence-electron chi connectivity index (χ3n) is 5.41. The van der Waals surface area contributed by atoms with Gasteiger partial charge < -0.3 is 4.74 Å². The Labute approximate surface area is 154 Å². The third kappa shape index (κ3) is 4.70. The maximum atomic E-state index is 13.9. The second kappa shape index (κ2) is 8.76. The van der Waals surface area contributed by atoms with Crippen molar-refractivity contribution in [3.05, 3.63) is 53.8 Å². The molecule has 0 unspecified atom stereocenters. The average molecular weight is 379 g/mol. The van der Waals surface area contributed by atoms with E-state index >= 15 is 0 Å². The van der Waals surface area contributed by atoms with Crippen molar-refractivity contribution in [2.45, 2.75) is 56.8 Å². The molecule has 0 amide bonds. The van der Waals surface area contributed by atoms with Crippen LogP contribution < -0.4 is 4.74 Å². The largest absolute Gasteiger partial charge is 0.432 e. The number of ether oxygens (including phenoxy) is 1. The van der Waals surface area contributed by atoms with Gasteiger partial charge in [-0.05, 0) is 47.6 Å². The Hall–Kier alpha value is -1.75. The summed E-state index contributed by atoms with van der Waals surface area (Å²) in [7, 11) is -0.475. The van der Waals surface area contributed by atoms with Gasteiger partial charge in [-0.15, -0.1) is 0 Å². The summed E-state index contributed by atoms with van der Waals surface area (Å²) in [5, 5.41) is 0. The third-order valence-corrected chi connectivity index (χ3v) is 9.10. The Balaban J connectivity index is 1.67. The summed E-state index contributed by atoms with van der Waals surface area (Å²) >= 11 is 0. The number of alkyl halides is 2. The molecule has 0 atom stereocenters. The molecule has 1 fully saturated rings. The van der Waals surface area contributed by atoms with E-state index in [4.69, 9.17) is 0 Å². The van der Waals surface area contributed by atoms with Crippen LogP contribution in [0.4, 0.5) is 13.2 Å². The molecule has 0 spiro atoms. The van der Waals surface area contributed by atoms with Gasteiger partial charge in [0.15, 0.2) is 11.6 Å². The topological polar surface area (TPSA) is 9.23 Å². The molecule has 2 aromatic carbocycles. The normalized spacial score (nSPS) is 20.3. The zero-order chi connectivity index (χ0) is 18.5. The Morgan fingerprint density at radius 1 is 1.04 bits per heavy atom. The number of hydrogen-bond acceptors (Lipinski definition) is 1. The number of benzene rings is 2. The molecule has 0 saturated carbocycles. The monoisotopic (exact) mass is 378 g/mol. The number of hydrogen-bond donors (Lipinski definition) is 0. The summed E-state index contributed by atoms with van der Waals surface area (Å²) < 4.78 is 42.5. The molecule has 0 radical (unpaired) electrons. The fourth-order valence-electron chi connectivity index (χ4n) is 4.01. The smallest absolute Gasteiger partial charge is 0.387 e. The molecule has 0 aromatic heterocycles. The van der Waals surface area contributed by atoms with Gasteiger partial charge in [-0.3, -0.25) is 0 Å². The van der Waals surface area contributed by atoms with Crippen molar-refractivity contribution in [3.8, 4) is 16.9 Å². The number of halogens is 3. The highest BCUT2D eigenvalue weighted by Gasteiger charge is 2.22. The Morgan fingerprint density at radius 2 is 1.69 bits per heavy atom. The molecule has 3 rings (SSSR count). The van der Waals surface area contributed by atoms with Crippen molar-refractivity contribution in [1.82, 2.24) is 0 Å². The first-order valence-electron chi connectivity index (χ1n) is 9.41. The molecule has 1 nitrogen and oxygen atoms in total. The molecule has 0 bridgehead atoms. The minimum Gasteiger partial charge on any atom is -0.432 e. The second-order valence-electron chi connectivity index (χ2n) is 7.15. The van der Waals surface area contributed by atoms with Crippen LogP contribution in [0.2, 0.25) is 18.1 Å². The molecule has 5 heteroatoms. The fourth-order valence-corrected chi connectivity index (χ4v) is 7.44. The summed E-state index contributed by atoms with van der Waals surface area (Å²) in [5.74, 6) is -0.553. The van der Waals surface area contributed by atoms with Crippen molar-refractivity contribution in [3.63, 3.8) is 0 Å². The maximum absolute atomic E-state index is 13.9. The SMILES string of the molecule is CCC[Si@H]1CC[C@H](c2ccc(-c3ccc(OC(F)F)c(F)c3)cc2)CC1. The van der Waals surface area contributed by atoms with E-state index in [0.29, 0.717) is 11.5 Å². The van der Waals surface area contributed by atoms with Crippen LogP contribution in [0.15, 0.2) is 42.5 Å². The van der Waals surface area contributed by atoms with Gasteiger partial charge in [0.05, 0.1) is 0 Å². The summed E-state index contributed by atoms with van der Waals surface area (Å²) in [6, 6.07) is 16.7. The van der Waals surface area contributed by atoms with Gasteiger partial charge in [0.2, 0.25) is 0 Å². The predicted octanol–water partition coefficient (Wildman–Crippen LogP) is 6.61. The van der Waals surface area contributed by atoms with E-state index in [1.807, 2.05) is 12.1 Å². The van der Waals surface area contributed by atoms with Gasteiger partial charge in [0.25, 0.3) is 0 Å². The first kappa shape index (κ1) is 19.0. The predicted molar refractivity (Wildman–Crippen MR) is 102 cm³/mol. The van der Waals surface area contributed by atoms with E-state index in [9.17, 15) is 13.2 Å². The first-order valence-corrected chi connectivity index (χ1v) is 11.9. The highest BCUT2D eigenvalue weighted by Crippen LogP contribution is 2.36. The lowest BCUT2D eigenvalue weighted by molar-refractivity contribution is -0.0521. The van der Waals surface area contributed by atoms with Gasteiger partial charge in [0.1, 0.15) is 0 Å². The van der Waals surface area contributed by atoms with E-state index in [1.165, 1.54) is 55.1 Å². The van der Waals surface area contributed by atoms with Crippen LogP contribution in [0, 0.1) is 5.82 Å². The lowest BCUT2D eigenvalue weighted by atomic mass is 9.92. The molecule has 26 heavy (non-hydrogen) atoms. The summed E-state index contributed by atoms with van der Waals surface area (Å²) in [5.41, 5.74) is 2.90. The summed E-state index contributed by atoms with van der Waals surface area (Å²) in [6.45, 7) is -0.739. The summed E-state index contributed by atoms with van der Waals surface area (Å²) in [4.78, 5) is 0. The van der Waals surface area contributed by atoms with Crippen LogP contribution in [0.3, 0.4) is 0 Å². The van der Waals surface area contributed by atoms with Crippen molar-refractivity contribution in [2.75, 3.05) is 0 Å². The van der Waals surface area contributed by atoms with Gasteiger partial charge in [0, 0.05) is 8.80 Å².